The molecule has 0 radical (unpaired) electrons. The van der Waals surface area contributed by atoms with E-state index in [2.05, 4.69) is 92.2 Å². The molecule has 0 aliphatic rings. The van der Waals surface area contributed by atoms with Crippen LogP contribution in [0.3, 0.4) is 0 Å². The maximum atomic E-state index is 12.9. The third-order valence-corrected chi connectivity index (χ3v) is 11.4. The summed E-state index contributed by atoms with van der Waals surface area (Å²) in [4.78, 5) is 223. The van der Waals surface area contributed by atoms with Crippen molar-refractivity contribution in [2.24, 2.45) is 0 Å². The molecule has 0 unspecified atom stereocenters. The largest absolute Gasteiger partial charge is 0.462 e. The van der Waals surface area contributed by atoms with Crippen LogP contribution in [0.25, 0.3) is 0 Å². The molecule has 0 aromatic carbocycles. The molecule has 12 N–H and O–H groups in total. The molecule has 0 saturated heterocycles. The van der Waals surface area contributed by atoms with Crippen LogP contribution in [0.1, 0.15) is 0 Å². The van der Waals surface area contributed by atoms with Crippen LogP contribution in [0.2, 0.25) is 0 Å². The number of methoxy groups -OCH3 is 6. The van der Waals surface area contributed by atoms with Gasteiger partial charge in [-0.05, 0) is 0 Å². The summed E-state index contributed by atoms with van der Waals surface area (Å²) in [6.07, 6.45) is 0. The minimum atomic E-state index is -1.15. The van der Waals surface area contributed by atoms with Crippen LogP contribution >= 0.6 is 0 Å². The van der Waals surface area contributed by atoms with Crippen LogP contribution in [-0.4, -0.2) is 326 Å². The average Bonchev–Trinajstić information content (AvgIpc) is 3.67. The molecule has 12 amide bonds. The first-order chi connectivity index (χ1) is 41.9. The van der Waals surface area contributed by atoms with Gasteiger partial charge >= 0.3 is 107 Å². The first kappa shape index (κ1) is 78.3. The molecular weight excluding hydrogens is 1180 g/mol. The second-order valence-corrected chi connectivity index (χ2v) is 17.4. The lowest BCUT2D eigenvalue weighted by molar-refractivity contribution is -0.152. The minimum absolute atomic E-state index is 0.0297. The molecular formula is C48H78N16O24. The van der Waals surface area contributed by atoms with Gasteiger partial charge in [-0.15, -0.1) is 0 Å². The van der Waals surface area contributed by atoms with E-state index in [9.17, 15) is 86.3 Å². The van der Waals surface area contributed by atoms with Crippen molar-refractivity contribution >= 4 is 107 Å². The summed E-state index contributed by atoms with van der Waals surface area (Å²) in [6.45, 7) is -1.36. The molecule has 0 saturated carbocycles. The van der Waals surface area contributed by atoms with E-state index in [1.165, 1.54) is 0 Å². The first-order valence-corrected chi connectivity index (χ1v) is 26.6. The van der Waals surface area contributed by atoms with Gasteiger partial charge in [-0.3, -0.25) is 77.1 Å². The van der Waals surface area contributed by atoms with E-state index in [0.717, 1.165) is 42.7 Å². The first-order valence-electron chi connectivity index (χ1n) is 26.6. The van der Waals surface area contributed by atoms with Crippen LogP contribution in [-0.2, 0) is 115 Å². The zero-order valence-corrected chi connectivity index (χ0v) is 49.6. The topological polar surface area (TPSA) is 520 Å². The smallest absolute Gasteiger partial charge is 0.396 e. The summed E-state index contributed by atoms with van der Waals surface area (Å²) in [6, 6.07) is 0. The lowest BCUT2D eigenvalue weighted by Gasteiger charge is -2.24. The fourth-order valence-corrected chi connectivity index (χ4v) is 6.74. The average molecular weight is 1260 g/mol. The second-order valence-electron chi connectivity index (χ2n) is 17.4. The predicted octanol–water partition coefficient (Wildman–Crippen LogP) is -13.4. The fraction of sp³-hybridized carbons (Fsp3) is 0.625. The van der Waals surface area contributed by atoms with Gasteiger partial charge in [0.05, 0.1) is 42.7 Å². The van der Waals surface area contributed by atoms with E-state index >= 15 is 0 Å². The van der Waals surface area contributed by atoms with Gasteiger partial charge in [0, 0.05) is 157 Å². The third kappa shape index (κ3) is 35.6. The molecule has 0 fully saturated rings. The molecule has 0 bridgehead atoms. The van der Waals surface area contributed by atoms with E-state index in [-0.39, 0.29) is 157 Å². The quantitative estimate of drug-likeness (QED) is 0.0157. The highest BCUT2D eigenvalue weighted by Gasteiger charge is 2.22. The Morgan fingerprint density at radius 3 is 0.364 bits per heavy atom. The van der Waals surface area contributed by atoms with E-state index in [4.69, 9.17) is 0 Å². The lowest BCUT2D eigenvalue weighted by Crippen LogP contribution is -2.49. The summed E-state index contributed by atoms with van der Waals surface area (Å²) >= 11 is 0. The number of carbonyl (C=O) groups is 18. The molecule has 0 aromatic heterocycles. The summed E-state index contributed by atoms with van der Waals surface area (Å²) in [5.74, 6) is -19.6. The number of rotatable bonds is 36. The standard InChI is InChI=1S/C48H78N16O24/c1-83-43(77)37(71)55-13-25-62(26-14-56-38(72)44(78)84-2)22-10-52-34(68)31(65)49-7-19-61(20-8-50-32(66)35(69)53-11-23-63(27-15-57-39(73)45(79)85-3)28-16-58-40(74)46(80)86-4)21-9-51-33(67)36(70)54-12-24-64(29-17-59-41(75)47(81)87-5)30-18-60-42(76)48(82)88-6/h7-30H2,1-6H3,(H,49,65)(H,50,66)(H,51,67)(H,52,68)(H,53,69)(H,54,70)(H,55,71)(H,56,72)(H,57,73)(H,58,74)(H,59,75)(H,60,76). The van der Waals surface area contributed by atoms with Crippen molar-refractivity contribution in [2.75, 3.05) is 200 Å². The Balaban J connectivity index is 5.90. The normalized spacial score (nSPS) is 10.4. The van der Waals surface area contributed by atoms with Gasteiger partial charge in [-0.2, -0.15) is 0 Å². The van der Waals surface area contributed by atoms with Crippen molar-refractivity contribution in [2.45, 2.75) is 0 Å². The number of nitrogens with one attached hydrogen (secondary N) is 12. The Morgan fingerprint density at radius 1 is 0.182 bits per heavy atom. The van der Waals surface area contributed by atoms with Gasteiger partial charge in [0.15, 0.2) is 0 Å². The number of ether oxygens (including phenoxy) is 6. The highest BCUT2D eigenvalue weighted by atomic mass is 16.5. The number of amides is 12. The molecule has 0 aromatic rings. The van der Waals surface area contributed by atoms with Crippen LogP contribution in [0, 0.1) is 0 Å². The van der Waals surface area contributed by atoms with Crippen LogP contribution in [0.5, 0.6) is 0 Å². The zero-order valence-electron chi connectivity index (χ0n) is 49.6. The second kappa shape index (κ2) is 46.6. The van der Waals surface area contributed by atoms with Gasteiger partial charge in [-0.25, -0.2) is 28.8 Å². The van der Waals surface area contributed by atoms with E-state index in [1.807, 2.05) is 0 Å². The fourth-order valence-electron chi connectivity index (χ4n) is 6.74. The van der Waals surface area contributed by atoms with E-state index in [0.29, 0.717) is 0 Å². The van der Waals surface area contributed by atoms with Crippen LogP contribution in [0.4, 0.5) is 0 Å². The molecule has 494 valence electrons. The summed E-state index contributed by atoms with van der Waals surface area (Å²) in [5.41, 5.74) is 0. The predicted molar refractivity (Wildman–Crippen MR) is 294 cm³/mol. The van der Waals surface area contributed by atoms with E-state index in [1.54, 1.807) is 19.6 Å². The maximum absolute atomic E-state index is 12.9. The number of nitrogens with zero attached hydrogens (tertiary/aromatic N) is 4. The van der Waals surface area contributed by atoms with Gasteiger partial charge in [-0.1, -0.05) is 0 Å². The molecule has 40 nitrogen and oxygen atoms in total. The van der Waals surface area contributed by atoms with Gasteiger partial charge in [0.1, 0.15) is 0 Å². The summed E-state index contributed by atoms with van der Waals surface area (Å²) < 4.78 is 26.1. The number of carbonyl (C=O) groups excluding carboxylic acids is 18. The number of hydrogen-bond acceptors (Lipinski definition) is 28. The highest BCUT2D eigenvalue weighted by Crippen LogP contribution is 1.93. The van der Waals surface area contributed by atoms with Crippen LogP contribution < -0.4 is 63.8 Å². The molecule has 0 spiro atoms. The Morgan fingerprint density at radius 2 is 0.273 bits per heavy atom. The van der Waals surface area contributed by atoms with Crippen molar-refractivity contribution in [1.82, 2.24) is 83.4 Å². The van der Waals surface area contributed by atoms with Crippen molar-refractivity contribution in [3.05, 3.63) is 0 Å². The zero-order chi connectivity index (χ0) is 66.4. The minimum Gasteiger partial charge on any atom is -0.462 e. The third-order valence-electron chi connectivity index (χ3n) is 11.4. The summed E-state index contributed by atoms with van der Waals surface area (Å²) in [7, 11) is 6.05. The van der Waals surface area contributed by atoms with Crippen molar-refractivity contribution in [1.29, 1.82) is 0 Å². The molecule has 88 heavy (non-hydrogen) atoms. The SMILES string of the molecule is COC(=O)C(=O)NCCN(CCNC(=O)C(=O)NCCN(CCNC(=O)C(=O)NCCN(CCNC(=O)C(=O)OC)CCNC(=O)C(=O)OC)CCNC(=O)C(=O)NCCN(CCNC(=O)C(=O)OC)CCNC(=O)C(=O)OC)CCNC(=O)C(=O)OC. The lowest BCUT2D eigenvalue weighted by atomic mass is 10.3. The van der Waals surface area contributed by atoms with Crippen LogP contribution in [0.15, 0.2) is 0 Å². The highest BCUT2D eigenvalue weighted by molar-refractivity contribution is 6.37. The monoisotopic (exact) mass is 1260 g/mol. The molecule has 0 aliphatic carbocycles. The maximum Gasteiger partial charge on any atom is 0.396 e. The molecule has 0 aliphatic heterocycles. The van der Waals surface area contributed by atoms with Crippen molar-refractivity contribution < 1.29 is 115 Å². The van der Waals surface area contributed by atoms with E-state index < -0.39 is 107 Å². The number of hydrogen-bond donors (Lipinski definition) is 12. The van der Waals surface area contributed by atoms with Gasteiger partial charge in [0.25, 0.3) is 0 Å². The Bertz CT molecular complexity index is 2070. The number of esters is 6. The molecule has 0 atom stereocenters. The van der Waals surface area contributed by atoms with Gasteiger partial charge in [0.2, 0.25) is 0 Å². The summed E-state index contributed by atoms with van der Waals surface area (Å²) in [5, 5.41) is 28.4. The Hall–Kier alpha value is -9.70. The molecule has 40 heteroatoms. The Labute approximate surface area is 503 Å². The molecule has 0 rings (SSSR count). The van der Waals surface area contributed by atoms with Gasteiger partial charge < -0.3 is 92.2 Å². The molecule has 0 heterocycles. The van der Waals surface area contributed by atoms with Crippen molar-refractivity contribution in [3.63, 3.8) is 0 Å². The van der Waals surface area contributed by atoms with Crippen molar-refractivity contribution in [3.8, 4) is 0 Å². The Kier molecular flexibility index (Phi) is 41.4.